The van der Waals surface area contributed by atoms with Crippen LogP contribution in [0.3, 0.4) is 0 Å². The average Bonchev–Trinajstić information content (AvgIpc) is 2.63. The van der Waals surface area contributed by atoms with Crippen LogP contribution >= 0.6 is 0 Å². The molecule has 0 aliphatic carbocycles. The van der Waals surface area contributed by atoms with E-state index in [1.165, 1.54) is 0 Å². The van der Waals surface area contributed by atoms with E-state index >= 15 is 0 Å². The van der Waals surface area contributed by atoms with Gasteiger partial charge in [-0.05, 0) is 24.8 Å². The molecule has 1 aliphatic heterocycles. The van der Waals surface area contributed by atoms with Gasteiger partial charge in [-0.2, -0.15) is 0 Å². The van der Waals surface area contributed by atoms with Crippen LogP contribution in [-0.4, -0.2) is 43.4 Å². The largest absolute Gasteiger partial charge is 0.336 e. The van der Waals surface area contributed by atoms with Gasteiger partial charge in [0.15, 0.2) is 0 Å². The molecule has 0 bridgehead atoms. The van der Waals surface area contributed by atoms with E-state index in [1.807, 2.05) is 20.8 Å². The van der Waals surface area contributed by atoms with Crippen molar-refractivity contribution in [3.05, 3.63) is 52.7 Å². The van der Waals surface area contributed by atoms with Gasteiger partial charge >= 0.3 is 0 Å². The summed E-state index contributed by atoms with van der Waals surface area (Å²) in [6.07, 6.45) is 6.51. The van der Waals surface area contributed by atoms with Crippen LogP contribution < -0.4 is 5.56 Å². The van der Waals surface area contributed by atoms with Crippen molar-refractivity contribution in [1.82, 2.24) is 24.4 Å². The number of aromatic nitrogens is 4. The molecule has 0 aromatic carbocycles. The van der Waals surface area contributed by atoms with Crippen LogP contribution in [0, 0.1) is 5.92 Å². The van der Waals surface area contributed by atoms with E-state index in [-0.39, 0.29) is 22.7 Å². The summed E-state index contributed by atoms with van der Waals surface area (Å²) >= 11 is 0. The van der Waals surface area contributed by atoms with Gasteiger partial charge in [0, 0.05) is 43.5 Å². The minimum atomic E-state index is -0.135. The summed E-state index contributed by atoms with van der Waals surface area (Å²) in [5, 5.41) is 0. The first-order valence-corrected chi connectivity index (χ1v) is 8.98. The maximum Gasteiger partial charge on any atom is 0.291 e. The fourth-order valence-electron chi connectivity index (χ4n) is 3.12. The first-order chi connectivity index (χ1) is 12.3. The van der Waals surface area contributed by atoms with Crippen LogP contribution in [-0.2, 0) is 12.0 Å². The Morgan fingerprint density at radius 1 is 1.15 bits per heavy atom. The lowest BCUT2D eigenvalue weighted by Gasteiger charge is -2.31. The molecule has 1 amide bonds. The second kappa shape index (κ2) is 7.35. The standard InChI is InChI=1S/C19H25N5O2/c1-19(2,3)15-11-16(25)24(13-22-15)12-14-5-9-23(10-6-14)18(26)17-20-7-4-8-21-17/h4,7-8,11,13-14H,5-6,9-10,12H2,1-3H3. The molecule has 1 aliphatic rings. The number of nitrogens with zero attached hydrogens (tertiary/aromatic N) is 5. The van der Waals surface area contributed by atoms with Crippen LogP contribution in [0.15, 0.2) is 35.6 Å². The first kappa shape index (κ1) is 18.2. The van der Waals surface area contributed by atoms with Crippen LogP contribution in [0.1, 0.15) is 49.9 Å². The van der Waals surface area contributed by atoms with Crippen molar-refractivity contribution in [3.8, 4) is 0 Å². The van der Waals surface area contributed by atoms with Gasteiger partial charge in [-0.25, -0.2) is 15.0 Å². The van der Waals surface area contributed by atoms with Crippen molar-refractivity contribution < 1.29 is 4.79 Å². The zero-order chi connectivity index (χ0) is 18.7. The van der Waals surface area contributed by atoms with Crippen LogP contribution in [0.25, 0.3) is 0 Å². The van der Waals surface area contributed by atoms with E-state index in [2.05, 4.69) is 15.0 Å². The van der Waals surface area contributed by atoms with Crippen LogP contribution in [0.4, 0.5) is 0 Å². The van der Waals surface area contributed by atoms with Crippen molar-refractivity contribution in [2.45, 2.75) is 45.6 Å². The van der Waals surface area contributed by atoms with E-state index in [4.69, 9.17) is 0 Å². The highest BCUT2D eigenvalue weighted by molar-refractivity contribution is 5.90. The van der Waals surface area contributed by atoms with Crippen molar-refractivity contribution in [2.75, 3.05) is 13.1 Å². The minimum absolute atomic E-state index is 0.0129. The Morgan fingerprint density at radius 3 is 2.38 bits per heavy atom. The second-order valence-corrected chi connectivity index (χ2v) is 7.82. The molecule has 3 heterocycles. The van der Waals surface area contributed by atoms with Gasteiger partial charge in [-0.1, -0.05) is 20.8 Å². The van der Waals surface area contributed by atoms with Gasteiger partial charge in [0.05, 0.1) is 12.0 Å². The summed E-state index contributed by atoms with van der Waals surface area (Å²) in [6, 6.07) is 3.32. The average molecular weight is 355 g/mol. The highest BCUT2D eigenvalue weighted by atomic mass is 16.2. The molecule has 1 fully saturated rings. The fourth-order valence-corrected chi connectivity index (χ4v) is 3.12. The van der Waals surface area contributed by atoms with Gasteiger partial charge in [0.2, 0.25) is 5.82 Å². The molecule has 7 nitrogen and oxygen atoms in total. The third-order valence-corrected chi connectivity index (χ3v) is 4.76. The van der Waals surface area contributed by atoms with E-state index in [9.17, 15) is 9.59 Å². The molecular weight excluding hydrogens is 330 g/mol. The number of amides is 1. The lowest BCUT2D eigenvalue weighted by atomic mass is 9.92. The second-order valence-electron chi connectivity index (χ2n) is 7.82. The highest BCUT2D eigenvalue weighted by Crippen LogP contribution is 2.21. The first-order valence-electron chi connectivity index (χ1n) is 8.98. The molecule has 2 aromatic rings. The molecule has 1 saturated heterocycles. The molecule has 0 atom stereocenters. The van der Waals surface area contributed by atoms with Crippen molar-refractivity contribution >= 4 is 5.91 Å². The summed E-state index contributed by atoms with van der Waals surface area (Å²) in [5.74, 6) is 0.470. The molecule has 7 heteroatoms. The van der Waals surface area contributed by atoms with Crippen molar-refractivity contribution in [2.24, 2.45) is 5.92 Å². The Balaban J connectivity index is 1.59. The zero-order valence-corrected chi connectivity index (χ0v) is 15.6. The summed E-state index contributed by atoms with van der Waals surface area (Å²) in [5.41, 5.74) is 0.659. The molecular formula is C19H25N5O2. The molecule has 2 aromatic heterocycles. The van der Waals surface area contributed by atoms with Crippen molar-refractivity contribution in [1.29, 1.82) is 0 Å². The summed E-state index contributed by atoms with van der Waals surface area (Å²) in [7, 11) is 0. The number of hydrogen-bond acceptors (Lipinski definition) is 5. The summed E-state index contributed by atoms with van der Waals surface area (Å²) in [6.45, 7) is 8.08. The number of carbonyl (C=O) groups excluding carboxylic acids is 1. The number of piperidine rings is 1. The zero-order valence-electron chi connectivity index (χ0n) is 15.6. The smallest absolute Gasteiger partial charge is 0.291 e. The molecule has 0 saturated carbocycles. The van der Waals surface area contributed by atoms with Crippen LogP contribution in [0.5, 0.6) is 0 Å². The molecule has 26 heavy (non-hydrogen) atoms. The number of carbonyl (C=O) groups is 1. The SMILES string of the molecule is CC(C)(C)c1cc(=O)n(CC2CCN(C(=O)c3ncccn3)CC2)cn1. The normalized spacial score (nSPS) is 15.9. The molecule has 0 unspecified atom stereocenters. The summed E-state index contributed by atoms with van der Waals surface area (Å²) < 4.78 is 1.68. The number of rotatable bonds is 3. The molecule has 0 spiro atoms. The Hall–Kier alpha value is -2.57. The lowest BCUT2D eigenvalue weighted by Crippen LogP contribution is -2.40. The predicted octanol–water partition coefficient (Wildman–Crippen LogP) is 1.88. The van der Waals surface area contributed by atoms with Gasteiger partial charge < -0.3 is 4.90 Å². The maximum atomic E-state index is 12.4. The highest BCUT2D eigenvalue weighted by Gasteiger charge is 2.25. The van der Waals surface area contributed by atoms with E-state index in [0.717, 1.165) is 18.5 Å². The number of likely N-dealkylation sites (tertiary alicyclic amines) is 1. The van der Waals surface area contributed by atoms with Crippen molar-refractivity contribution in [3.63, 3.8) is 0 Å². The Bertz CT molecular complexity index is 818. The van der Waals surface area contributed by atoms with Gasteiger partial charge in [0.25, 0.3) is 11.5 Å². The maximum absolute atomic E-state index is 12.4. The number of hydrogen-bond donors (Lipinski definition) is 0. The Morgan fingerprint density at radius 2 is 1.81 bits per heavy atom. The minimum Gasteiger partial charge on any atom is -0.336 e. The predicted molar refractivity (Wildman–Crippen MR) is 97.9 cm³/mol. The summed E-state index contributed by atoms with van der Waals surface area (Å²) in [4.78, 5) is 39.0. The fraction of sp³-hybridized carbons (Fsp3) is 0.526. The molecule has 0 radical (unpaired) electrons. The van der Waals surface area contributed by atoms with E-state index < -0.39 is 0 Å². The third-order valence-electron chi connectivity index (χ3n) is 4.76. The van der Waals surface area contributed by atoms with Crippen LogP contribution in [0.2, 0.25) is 0 Å². The monoisotopic (exact) mass is 355 g/mol. The van der Waals surface area contributed by atoms with E-state index in [0.29, 0.717) is 25.6 Å². The molecule has 3 rings (SSSR count). The third kappa shape index (κ3) is 4.15. The quantitative estimate of drug-likeness (QED) is 0.840. The Labute approximate surface area is 153 Å². The molecule has 138 valence electrons. The molecule has 0 N–H and O–H groups in total. The lowest BCUT2D eigenvalue weighted by molar-refractivity contribution is 0.0669. The Kier molecular flexibility index (Phi) is 5.15. The van der Waals surface area contributed by atoms with E-state index in [1.54, 1.807) is 40.3 Å². The van der Waals surface area contributed by atoms with Gasteiger partial charge in [-0.15, -0.1) is 0 Å². The van der Waals surface area contributed by atoms with Gasteiger partial charge in [0.1, 0.15) is 0 Å². The topological polar surface area (TPSA) is 81.0 Å². The van der Waals surface area contributed by atoms with Gasteiger partial charge in [-0.3, -0.25) is 14.2 Å².